The van der Waals surface area contributed by atoms with Crippen molar-refractivity contribution in [3.8, 4) is 0 Å². The molecule has 0 nitrogen and oxygen atoms in total. The van der Waals surface area contributed by atoms with Gasteiger partial charge in [0.1, 0.15) is 0 Å². The molecular formula is C14H32. The zero-order valence-corrected chi connectivity index (χ0v) is 11.2. The minimum atomic E-state index is 0.986. The first kappa shape index (κ1) is 16.4. The van der Waals surface area contributed by atoms with Gasteiger partial charge in [-0.15, -0.1) is 0 Å². The SMILES string of the molecule is CCC(CC)CC.CCCCCCC. The smallest absolute Gasteiger partial charge is 0.0422 e. The predicted octanol–water partition coefficient (Wildman–Crippen LogP) is 5.81. The largest absolute Gasteiger partial charge is 0.0654 e. The van der Waals surface area contributed by atoms with Gasteiger partial charge in [-0.2, -0.15) is 0 Å². The van der Waals surface area contributed by atoms with Crippen LogP contribution < -0.4 is 0 Å². The summed E-state index contributed by atoms with van der Waals surface area (Å²) in [5.41, 5.74) is 0. The quantitative estimate of drug-likeness (QED) is 0.455. The van der Waals surface area contributed by atoms with E-state index in [9.17, 15) is 0 Å². The van der Waals surface area contributed by atoms with Crippen molar-refractivity contribution in [3.05, 3.63) is 0 Å². The Labute approximate surface area is 92.5 Å². The highest BCUT2D eigenvalue weighted by Gasteiger charge is 1.95. The molecule has 0 heterocycles. The minimum Gasteiger partial charge on any atom is -0.0654 e. The second-order valence-corrected chi connectivity index (χ2v) is 4.15. The third-order valence-corrected chi connectivity index (χ3v) is 2.94. The lowest BCUT2D eigenvalue weighted by Crippen LogP contribution is -1.91. The van der Waals surface area contributed by atoms with Gasteiger partial charge in [-0.25, -0.2) is 0 Å². The molecule has 0 saturated heterocycles. The lowest BCUT2D eigenvalue weighted by molar-refractivity contribution is 0.477. The van der Waals surface area contributed by atoms with E-state index in [1.165, 1.54) is 51.4 Å². The highest BCUT2D eigenvalue weighted by Crippen LogP contribution is 2.10. The third kappa shape index (κ3) is 14.5. The van der Waals surface area contributed by atoms with Crippen LogP contribution in [0.1, 0.15) is 86.0 Å². The monoisotopic (exact) mass is 200 g/mol. The van der Waals surface area contributed by atoms with Crippen LogP contribution in [0.15, 0.2) is 0 Å². The molecule has 0 aromatic rings. The average Bonchev–Trinajstić information content (AvgIpc) is 2.22. The van der Waals surface area contributed by atoms with Gasteiger partial charge in [-0.1, -0.05) is 86.0 Å². The summed E-state index contributed by atoms with van der Waals surface area (Å²) in [6.07, 6.45) is 11.1. The Balaban J connectivity index is 0. The topological polar surface area (TPSA) is 0 Å². The fourth-order valence-electron chi connectivity index (χ4n) is 1.54. The van der Waals surface area contributed by atoms with Gasteiger partial charge in [0.25, 0.3) is 0 Å². The Hall–Kier alpha value is 0. The molecule has 0 aliphatic rings. The first-order valence-electron chi connectivity index (χ1n) is 6.76. The highest BCUT2D eigenvalue weighted by atomic mass is 14.0. The third-order valence-electron chi connectivity index (χ3n) is 2.94. The summed E-state index contributed by atoms with van der Waals surface area (Å²) < 4.78 is 0. The van der Waals surface area contributed by atoms with Crippen LogP contribution in [0.3, 0.4) is 0 Å². The second kappa shape index (κ2) is 15.5. The zero-order chi connectivity index (χ0) is 11.2. The molecule has 0 aromatic heterocycles. The maximum absolute atomic E-state index is 2.26. The molecule has 0 bridgehead atoms. The molecule has 14 heavy (non-hydrogen) atoms. The standard InChI is InChI=1S/2C7H16/c1-4-7(5-2)6-3;1-3-5-7-6-4-2/h7H,4-6H2,1-3H3;3-7H2,1-2H3. The van der Waals surface area contributed by atoms with Crippen LogP contribution in [0.2, 0.25) is 0 Å². The minimum absolute atomic E-state index is 0.986. The molecule has 0 radical (unpaired) electrons. The van der Waals surface area contributed by atoms with Crippen molar-refractivity contribution < 1.29 is 0 Å². The summed E-state index contributed by atoms with van der Waals surface area (Å²) in [6.45, 7) is 11.3. The maximum atomic E-state index is 2.26. The summed E-state index contributed by atoms with van der Waals surface area (Å²) in [5.74, 6) is 0.986. The van der Waals surface area contributed by atoms with E-state index in [4.69, 9.17) is 0 Å². The van der Waals surface area contributed by atoms with Gasteiger partial charge in [0, 0.05) is 0 Å². The molecular weight excluding hydrogens is 168 g/mol. The Kier molecular flexibility index (Phi) is 18.2. The number of rotatable bonds is 7. The van der Waals surface area contributed by atoms with Crippen molar-refractivity contribution in [1.82, 2.24) is 0 Å². The van der Waals surface area contributed by atoms with Crippen molar-refractivity contribution in [3.63, 3.8) is 0 Å². The van der Waals surface area contributed by atoms with E-state index in [1.807, 2.05) is 0 Å². The molecule has 0 amide bonds. The summed E-state index contributed by atoms with van der Waals surface area (Å²) in [5, 5.41) is 0. The van der Waals surface area contributed by atoms with Gasteiger partial charge in [0.05, 0.1) is 0 Å². The maximum Gasteiger partial charge on any atom is -0.0422 e. The molecule has 0 aliphatic carbocycles. The molecule has 88 valence electrons. The van der Waals surface area contributed by atoms with Gasteiger partial charge < -0.3 is 0 Å². The van der Waals surface area contributed by atoms with Crippen LogP contribution in [0, 0.1) is 5.92 Å². The summed E-state index contributed by atoms with van der Waals surface area (Å²) >= 11 is 0. The van der Waals surface area contributed by atoms with Crippen molar-refractivity contribution in [2.24, 2.45) is 5.92 Å². The van der Waals surface area contributed by atoms with Crippen molar-refractivity contribution in [2.45, 2.75) is 86.0 Å². The molecule has 0 heteroatoms. The number of hydrogen-bond acceptors (Lipinski definition) is 0. The van der Waals surface area contributed by atoms with Gasteiger partial charge in [-0.3, -0.25) is 0 Å². The molecule has 0 aromatic carbocycles. The Morgan fingerprint density at radius 1 is 0.571 bits per heavy atom. The van der Waals surface area contributed by atoms with Crippen LogP contribution in [-0.4, -0.2) is 0 Å². The zero-order valence-electron chi connectivity index (χ0n) is 11.2. The molecule has 0 saturated carbocycles. The van der Waals surface area contributed by atoms with Gasteiger partial charge in [0.15, 0.2) is 0 Å². The molecule has 0 spiro atoms. The van der Waals surface area contributed by atoms with Crippen LogP contribution in [0.25, 0.3) is 0 Å². The number of unbranched alkanes of at least 4 members (excludes halogenated alkanes) is 4. The molecule has 0 aliphatic heterocycles. The fourth-order valence-corrected chi connectivity index (χ4v) is 1.54. The Morgan fingerprint density at radius 3 is 1.07 bits per heavy atom. The van der Waals surface area contributed by atoms with E-state index in [0.717, 1.165) is 5.92 Å². The lowest BCUT2D eigenvalue weighted by Gasteiger charge is -2.05. The summed E-state index contributed by atoms with van der Waals surface area (Å²) in [6, 6.07) is 0. The van der Waals surface area contributed by atoms with Crippen LogP contribution in [-0.2, 0) is 0 Å². The highest BCUT2D eigenvalue weighted by molar-refractivity contribution is 4.48. The molecule has 0 unspecified atom stereocenters. The van der Waals surface area contributed by atoms with Crippen molar-refractivity contribution in [2.75, 3.05) is 0 Å². The van der Waals surface area contributed by atoms with E-state index in [-0.39, 0.29) is 0 Å². The van der Waals surface area contributed by atoms with Crippen LogP contribution in [0.5, 0.6) is 0 Å². The van der Waals surface area contributed by atoms with E-state index in [1.54, 1.807) is 0 Å². The van der Waals surface area contributed by atoms with E-state index in [2.05, 4.69) is 34.6 Å². The van der Waals surface area contributed by atoms with Gasteiger partial charge >= 0.3 is 0 Å². The van der Waals surface area contributed by atoms with Crippen LogP contribution in [0.4, 0.5) is 0 Å². The van der Waals surface area contributed by atoms with Gasteiger partial charge in [0.2, 0.25) is 0 Å². The molecule has 0 N–H and O–H groups in total. The average molecular weight is 200 g/mol. The van der Waals surface area contributed by atoms with Crippen LogP contribution >= 0.6 is 0 Å². The Morgan fingerprint density at radius 2 is 0.929 bits per heavy atom. The normalized spacial score (nSPS) is 9.86. The summed E-state index contributed by atoms with van der Waals surface area (Å²) in [7, 11) is 0. The number of hydrogen-bond donors (Lipinski definition) is 0. The van der Waals surface area contributed by atoms with Crippen molar-refractivity contribution in [1.29, 1.82) is 0 Å². The van der Waals surface area contributed by atoms with E-state index < -0.39 is 0 Å². The molecule has 0 rings (SSSR count). The van der Waals surface area contributed by atoms with E-state index in [0.29, 0.717) is 0 Å². The molecule has 0 fully saturated rings. The first-order chi connectivity index (χ1) is 6.76. The fraction of sp³-hybridized carbons (Fsp3) is 1.00. The lowest BCUT2D eigenvalue weighted by atomic mass is 10.0. The van der Waals surface area contributed by atoms with Gasteiger partial charge in [-0.05, 0) is 5.92 Å². The van der Waals surface area contributed by atoms with Crippen molar-refractivity contribution >= 4 is 0 Å². The molecule has 0 atom stereocenters. The predicted molar refractivity (Wildman–Crippen MR) is 68.8 cm³/mol. The van der Waals surface area contributed by atoms with E-state index >= 15 is 0 Å². The second-order valence-electron chi connectivity index (χ2n) is 4.15. The summed E-state index contributed by atoms with van der Waals surface area (Å²) in [4.78, 5) is 0. The first-order valence-corrected chi connectivity index (χ1v) is 6.76. The Bertz CT molecular complexity index is 62.6.